The molecule has 4 rings (SSSR count). The minimum Gasteiger partial charge on any atom is -0.296 e. The number of rotatable bonds is 3. The van der Waals surface area contributed by atoms with Crippen LogP contribution < -0.4 is 10.7 Å². The minimum atomic E-state index is -0.562. The topological polar surface area (TPSA) is 76.9 Å². The van der Waals surface area contributed by atoms with Crippen molar-refractivity contribution in [3.05, 3.63) is 75.4 Å². The molecule has 4 aromatic rings. The van der Waals surface area contributed by atoms with Crippen molar-refractivity contribution in [1.29, 1.82) is 0 Å². The van der Waals surface area contributed by atoms with Gasteiger partial charge in [0.1, 0.15) is 0 Å². The SMILES string of the molecule is Cc1ccc2c(c1)c(=O)c(C(=O)Nc1nc(-c3ccccc3)cs1)nn2C. The van der Waals surface area contributed by atoms with Gasteiger partial charge >= 0.3 is 0 Å². The molecule has 2 aromatic heterocycles. The van der Waals surface area contributed by atoms with Crippen molar-refractivity contribution in [1.82, 2.24) is 14.8 Å². The van der Waals surface area contributed by atoms with Gasteiger partial charge in [-0.15, -0.1) is 11.3 Å². The van der Waals surface area contributed by atoms with E-state index < -0.39 is 5.91 Å². The van der Waals surface area contributed by atoms with Gasteiger partial charge in [0, 0.05) is 18.0 Å². The van der Waals surface area contributed by atoms with Gasteiger partial charge in [0.15, 0.2) is 10.8 Å². The lowest BCUT2D eigenvalue weighted by Crippen LogP contribution is -2.26. The smallest absolute Gasteiger partial charge is 0.281 e. The third kappa shape index (κ3) is 3.24. The first-order valence-corrected chi connectivity index (χ1v) is 9.21. The average Bonchev–Trinajstić information content (AvgIpc) is 3.13. The van der Waals surface area contributed by atoms with Crippen LogP contribution in [0, 0.1) is 6.92 Å². The van der Waals surface area contributed by atoms with Crippen LogP contribution in [-0.2, 0) is 7.05 Å². The molecule has 1 N–H and O–H groups in total. The van der Waals surface area contributed by atoms with Crippen LogP contribution in [-0.4, -0.2) is 20.7 Å². The molecular formula is C20H16N4O2S. The Morgan fingerprint density at radius 2 is 1.93 bits per heavy atom. The Kier molecular flexibility index (Phi) is 4.29. The molecule has 0 saturated carbocycles. The van der Waals surface area contributed by atoms with Gasteiger partial charge in [0.25, 0.3) is 5.91 Å². The van der Waals surface area contributed by atoms with E-state index >= 15 is 0 Å². The number of carbonyl (C=O) groups excluding carboxylic acids is 1. The normalized spacial score (nSPS) is 10.9. The van der Waals surface area contributed by atoms with Crippen molar-refractivity contribution in [2.45, 2.75) is 6.92 Å². The zero-order chi connectivity index (χ0) is 19.0. The second kappa shape index (κ2) is 6.77. The fourth-order valence-corrected chi connectivity index (χ4v) is 3.58. The molecule has 134 valence electrons. The number of nitrogens with zero attached hydrogens (tertiary/aromatic N) is 3. The van der Waals surface area contributed by atoms with Gasteiger partial charge in [-0.2, -0.15) is 5.10 Å². The van der Waals surface area contributed by atoms with Crippen LogP contribution in [0.4, 0.5) is 5.13 Å². The van der Waals surface area contributed by atoms with Crippen molar-refractivity contribution in [3.63, 3.8) is 0 Å². The van der Waals surface area contributed by atoms with E-state index in [0.29, 0.717) is 16.0 Å². The molecule has 1 amide bonds. The molecule has 2 aromatic carbocycles. The number of carbonyl (C=O) groups is 1. The first kappa shape index (κ1) is 17.1. The zero-order valence-electron chi connectivity index (χ0n) is 14.8. The van der Waals surface area contributed by atoms with Crippen LogP contribution in [0.25, 0.3) is 22.2 Å². The molecule has 0 aliphatic carbocycles. The summed E-state index contributed by atoms with van der Waals surface area (Å²) in [5.74, 6) is -0.562. The summed E-state index contributed by atoms with van der Waals surface area (Å²) >= 11 is 1.30. The van der Waals surface area contributed by atoms with Gasteiger partial charge in [-0.25, -0.2) is 4.98 Å². The molecule has 6 nitrogen and oxygen atoms in total. The average molecular weight is 376 g/mol. The fraction of sp³-hybridized carbons (Fsp3) is 0.100. The molecule has 0 fully saturated rings. The maximum Gasteiger partial charge on any atom is 0.281 e. The Morgan fingerprint density at radius 1 is 1.15 bits per heavy atom. The molecule has 2 heterocycles. The third-order valence-corrected chi connectivity index (χ3v) is 4.98. The molecular weight excluding hydrogens is 360 g/mol. The molecule has 0 radical (unpaired) electrons. The van der Waals surface area contributed by atoms with Crippen LogP contribution in [0.2, 0.25) is 0 Å². The Morgan fingerprint density at radius 3 is 2.70 bits per heavy atom. The maximum atomic E-state index is 12.7. The number of aromatic nitrogens is 3. The van der Waals surface area contributed by atoms with Crippen molar-refractivity contribution in [3.8, 4) is 11.3 Å². The number of nitrogens with one attached hydrogen (secondary N) is 1. The fourth-order valence-electron chi connectivity index (χ4n) is 2.87. The van der Waals surface area contributed by atoms with Crippen molar-refractivity contribution in [2.24, 2.45) is 7.05 Å². The monoisotopic (exact) mass is 376 g/mol. The van der Waals surface area contributed by atoms with Crippen molar-refractivity contribution >= 4 is 33.3 Å². The Labute approximate surface area is 159 Å². The summed E-state index contributed by atoms with van der Waals surface area (Å²) in [5.41, 5.74) is 2.83. The summed E-state index contributed by atoms with van der Waals surface area (Å²) in [6.45, 7) is 1.90. The van der Waals surface area contributed by atoms with Crippen LogP contribution >= 0.6 is 11.3 Å². The minimum absolute atomic E-state index is 0.146. The molecule has 0 unspecified atom stereocenters. The number of amides is 1. The molecule has 7 heteroatoms. The molecule has 27 heavy (non-hydrogen) atoms. The molecule has 0 aliphatic rings. The molecule has 0 spiro atoms. The van der Waals surface area contributed by atoms with Gasteiger partial charge in [0.05, 0.1) is 16.6 Å². The molecule has 0 atom stereocenters. The zero-order valence-corrected chi connectivity index (χ0v) is 15.6. The Hall–Kier alpha value is -3.32. The van der Waals surface area contributed by atoms with Crippen molar-refractivity contribution in [2.75, 3.05) is 5.32 Å². The summed E-state index contributed by atoms with van der Waals surface area (Å²) in [5, 5.41) is 9.61. The summed E-state index contributed by atoms with van der Waals surface area (Å²) in [6, 6.07) is 15.2. The lowest BCUT2D eigenvalue weighted by Gasteiger charge is -2.08. The number of hydrogen-bond acceptors (Lipinski definition) is 5. The summed E-state index contributed by atoms with van der Waals surface area (Å²) in [7, 11) is 1.71. The van der Waals surface area contributed by atoms with Crippen LogP contribution in [0.3, 0.4) is 0 Å². The van der Waals surface area contributed by atoms with E-state index in [2.05, 4.69) is 15.4 Å². The van der Waals surface area contributed by atoms with E-state index in [1.165, 1.54) is 11.3 Å². The first-order valence-electron chi connectivity index (χ1n) is 8.33. The number of anilines is 1. The number of fused-ring (bicyclic) bond motifs is 1. The Bertz CT molecular complexity index is 1210. The highest BCUT2D eigenvalue weighted by Crippen LogP contribution is 2.24. The second-order valence-electron chi connectivity index (χ2n) is 6.18. The summed E-state index contributed by atoms with van der Waals surface area (Å²) in [4.78, 5) is 29.8. The predicted molar refractivity (Wildman–Crippen MR) is 107 cm³/mol. The van der Waals surface area contributed by atoms with Crippen LogP contribution in [0.5, 0.6) is 0 Å². The van der Waals surface area contributed by atoms with E-state index in [1.54, 1.807) is 17.8 Å². The predicted octanol–water partition coefficient (Wildman–Crippen LogP) is 3.62. The van der Waals surface area contributed by atoms with Gasteiger partial charge in [0.2, 0.25) is 5.43 Å². The molecule has 0 bridgehead atoms. The Balaban J connectivity index is 1.67. The standard InChI is InChI=1S/C20H16N4O2S/c1-12-8-9-16-14(10-12)18(25)17(23-24(16)2)19(26)22-20-21-15(11-27-20)13-6-4-3-5-7-13/h3-11H,1-2H3,(H,21,22,26). The first-order chi connectivity index (χ1) is 13.0. The van der Waals surface area contributed by atoms with Gasteiger partial charge in [-0.1, -0.05) is 42.0 Å². The quantitative estimate of drug-likeness (QED) is 0.592. The highest BCUT2D eigenvalue weighted by Gasteiger charge is 2.18. The molecule has 0 saturated heterocycles. The number of hydrogen-bond donors (Lipinski definition) is 1. The van der Waals surface area contributed by atoms with Gasteiger partial charge in [-0.05, 0) is 19.1 Å². The van der Waals surface area contributed by atoms with Gasteiger partial charge < -0.3 is 0 Å². The van der Waals surface area contributed by atoms with Crippen molar-refractivity contribution < 1.29 is 4.79 Å². The van der Waals surface area contributed by atoms with E-state index in [1.807, 2.05) is 54.8 Å². The van der Waals surface area contributed by atoms with E-state index in [0.717, 1.165) is 16.8 Å². The lowest BCUT2D eigenvalue weighted by molar-refractivity contribution is 0.101. The largest absolute Gasteiger partial charge is 0.296 e. The number of benzene rings is 2. The highest BCUT2D eigenvalue weighted by atomic mass is 32.1. The van der Waals surface area contributed by atoms with Crippen LogP contribution in [0.1, 0.15) is 16.1 Å². The highest BCUT2D eigenvalue weighted by molar-refractivity contribution is 7.14. The van der Waals surface area contributed by atoms with Gasteiger partial charge in [-0.3, -0.25) is 19.6 Å². The second-order valence-corrected chi connectivity index (χ2v) is 7.04. The lowest BCUT2D eigenvalue weighted by atomic mass is 10.1. The third-order valence-electron chi connectivity index (χ3n) is 4.22. The summed E-state index contributed by atoms with van der Waals surface area (Å²) in [6.07, 6.45) is 0. The summed E-state index contributed by atoms with van der Waals surface area (Å²) < 4.78 is 1.54. The van der Waals surface area contributed by atoms with E-state index in [4.69, 9.17) is 0 Å². The number of thiazole rings is 1. The van der Waals surface area contributed by atoms with E-state index in [9.17, 15) is 9.59 Å². The maximum absolute atomic E-state index is 12.7. The number of aryl methyl sites for hydroxylation is 2. The molecule has 0 aliphatic heterocycles. The van der Waals surface area contributed by atoms with E-state index in [-0.39, 0.29) is 11.1 Å². The van der Waals surface area contributed by atoms with Crippen LogP contribution in [0.15, 0.2) is 58.7 Å².